The molecule has 1 saturated heterocycles. The normalized spacial score (nSPS) is 21.5. The fraction of sp³-hybridized carbons (Fsp3) is 0.867. The van der Waals surface area contributed by atoms with Crippen LogP contribution in [0.5, 0.6) is 0 Å². The molecule has 1 atom stereocenters. The lowest BCUT2D eigenvalue weighted by Gasteiger charge is -2.33. The summed E-state index contributed by atoms with van der Waals surface area (Å²) >= 11 is 0. The molecule has 122 valence electrons. The van der Waals surface area contributed by atoms with Crippen molar-refractivity contribution in [2.45, 2.75) is 57.9 Å². The van der Waals surface area contributed by atoms with Crippen molar-refractivity contribution in [3.8, 4) is 0 Å². The first-order chi connectivity index (χ1) is 10.1. The molecule has 6 nitrogen and oxygen atoms in total. The van der Waals surface area contributed by atoms with Crippen LogP contribution >= 0.6 is 0 Å². The average molecular weight is 300 g/mol. The summed E-state index contributed by atoms with van der Waals surface area (Å²) in [5, 5.41) is 12.2. The van der Waals surface area contributed by atoms with Gasteiger partial charge in [0.25, 0.3) is 0 Å². The highest BCUT2D eigenvalue weighted by molar-refractivity contribution is 5.87. The van der Waals surface area contributed by atoms with Gasteiger partial charge in [-0.05, 0) is 32.1 Å². The number of hydrogen-bond donors (Lipinski definition) is 2. The van der Waals surface area contributed by atoms with Crippen molar-refractivity contribution in [2.75, 3.05) is 26.3 Å². The summed E-state index contributed by atoms with van der Waals surface area (Å²) in [6.07, 6.45) is 4.63. The number of nitrogens with zero attached hydrogens (tertiary/aromatic N) is 1. The second kappa shape index (κ2) is 8.87. The largest absolute Gasteiger partial charge is 0.479 e. The van der Waals surface area contributed by atoms with Gasteiger partial charge in [0, 0.05) is 26.3 Å². The second-order valence-corrected chi connectivity index (χ2v) is 5.50. The van der Waals surface area contributed by atoms with E-state index in [0.29, 0.717) is 32.5 Å². The molecule has 0 aliphatic carbocycles. The predicted molar refractivity (Wildman–Crippen MR) is 80.3 cm³/mol. The Bertz CT molecular complexity index is 349. The first-order valence-corrected chi connectivity index (χ1v) is 7.95. The predicted octanol–water partition coefficient (Wildman–Crippen LogP) is 2.23. The Labute approximate surface area is 126 Å². The van der Waals surface area contributed by atoms with Crippen LogP contribution in [0.15, 0.2) is 0 Å². The third kappa shape index (κ3) is 4.59. The van der Waals surface area contributed by atoms with Crippen LogP contribution in [0.25, 0.3) is 0 Å². The van der Waals surface area contributed by atoms with Crippen LogP contribution in [-0.2, 0) is 9.53 Å². The van der Waals surface area contributed by atoms with E-state index in [-0.39, 0.29) is 6.03 Å². The standard InChI is InChI=1S/C15H28N2O4/c1-3-5-11-21-12-7-9-16-14(20)17-10-6-8-15(17,4-2)13(18)19/h3-12H2,1-2H3,(H,16,20)(H,18,19). The van der Waals surface area contributed by atoms with Crippen molar-refractivity contribution in [1.29, 1.82) is 0 Å². The van der Waals surface area contributed by atoms with Crippen molar-refractivity contribution >= 4 is 12.0 Å². The molecular weight excluding hydrogens is 272 g/mol. The molecule has 1 fully saturated rings. The molecule has 6 heteroatoms. The van der Waals surface area contributed by atoms with E-state index in [1.807, 2.05) is 6.92 Å². The lowest BCUT2D eigenvalue weighted by molar-refractivity contribution is -0.148. The minimum absolute atomic E-state index is 0.273. The lowest BCUT2D eigenvalue weighted by Crippen LogP contribution is -2.55. The number of carbonyl (C=O) groups excluding carboxylic acids is 1. The lowest BCUT2D eigenvalue weighted by atomic mass is 9.93. The van der Waals surface area contributed by atoms with Gasteiger partial charge in [0.05, 0.1) is 0 Å². The molecule has 1 aliphatic rings. The minimum Gasteiger partial charge on any atom is -0.479 e. The number of unbranched alkanes of at least 4 members (excludes halogenated alkanes) is 1. The van der Waals surface area contributed by atoms with Gasteiger partial charge in [-0.1, -0.05) is 20.3 Å². The van der Waals surface area contributed by atoms with Crippen LogP contribution in [0.4, 0.5) is 4.79 Å². The molecule has 0 saturated carbocycles. The SMILES string of the molecule is CCCCOCCCNC(=O)N1CCCC1(CC)C(=O)O. The number of carboxylic acids is 1. The quantitative estimate of drug-likeness (QED) is 0.640. The summed E-state index contributed by atoms with van der Waals surface area (Å²) in [5.74, 6) is -0.902. The third-order valence-corrected chi connectivity index (χ3v) is 4.10. The molecule has 1 heterocycles. The maximum absolute atomic E-state index is 12.2. The fourth-order valence-electron chi connectivity index (χ4n) is 2.73. The summed E-state index contributed by atoms with van der Waals surface area (Å²) in [6, 6.07) is -0.273. The monoisotopic (exact) mass is 300 g/mol. The van der Waals surface area contributed by atoms with E-state index in [0.717, 1.165) is 32.3 Å². The van der Waals surface area contributed by atoms with Gasteiger partial charge in [-0.25, -0.2) is 9.59 Å². The molecular formula is C15H28N2O4. The van der Waals surface area contributed by atoms with Gasteiger partial charge in [0.15, 0.2) is 0 Å². The van der Waals surface area contributed by atoms with Gasteiger partial charge >= 0.3 is 12.0 Å². The van der Waals surface area contributed by atoms with Crippen LogP contribution in [0.1, 0.15) is 52.4 Å². The molecule has 0 radical (unpaired) electrons. The van der Waals surface area contributed by atoms with Crippen LogP contribution in [0.2, 0.25) is 0 Å². The van der Waals surface area contributed by atoms with E-state index >= 15 is 0 Å². The Hall–Kier alpha value is -1.30. The Kier molecular flexibility index (Phi) is 7.50. The molecule has 1 unspecified atom stereocenters. The van der Waals surface area contributed by atoms with Gasteiger partial charge in [-0.3, -0.25) is 0 Å². The topological polar surface area (TPSA) is 78.9 Å². The molecule has 0 bridgehead atoms. The van der Waals surface area contributed by atoms with E-state index in [9.17, 15) is 14.7 Å². The number of amides is 2. The molecule has 0 aromatic rings. The molecule has 0 aromatic carbocycles. The first-order valence-electron chi connectivity index (χ1n) is 7.95. The number of carbonyl (C=O) groups is 2. The molecule has 21 heavy (non-hydrogen) atoms. The van der Waals surface area contributed by atoms with Crippen molar-refractivity contribution in [3.63, 3.8) is 0 Å². The minimum atomic E-state index is -1.03. The fourth-order valence-corrected chi connectivity index (χ4v) is 2.73. The molecule has 2 N–H and O–H groups in total. The van der Waals surface area contributed by atoms with E-state index < -0.39 is 11.5 Å². The molecule has 1 rings (SSSR count). The zero-order valence-electron chi connectivity index (χ0n) is 13.2. The molecule has 0 spiro atoms. The number of urea groups is 1. The van der Waals surface area contributed by atoms with Crippen molar-refractivity contribution in [2.24, 2.45) is 0 Å². The first kappa shape index (κ1) is 17.8. The number of ether oxygens (including phenoxy) is 1. The van der Waals surface area contributed by atoms with Crippen LogP contribution < -0.4 is 5.32 Å². The van der Waals surface area contributed by atoms with Gasteiger partial charge in [-0.15, -0.1) is 0 Å². The smallest absolute Gasteiger partial charge is 0.329 e. The number of nitrogens with one attached hydrogen (secondary N) is 1. The maximum atomic E-state index is 12.2. The van der Waals surface area contributed by atoms with Gasteiger partial charge < -0.3 is 20.1 Å². The van der Waals surface area contributed by atoms with Gasteiger partial charge in [0.2, 0.25) is 0 Å². The summed E-state index contributed by atoms with van der Waals surface area (Å²) in [5.41, 5.74) is -1.03. The van der Waals surface area contributed by atoms with E-state index in [1.165, 1.54) is 4.90 Å². The van der Waals surface area contributed by atoms with E-state index in [1.54, 1.807) is 0 Å². The van der Waals surface area contributed by atoms with E-state index in [4.69, 9.17) is 4.74 Å². The highest BCUT2D eigenvalue weighted by Crippen LogP contribution is 2.32. The zero-order valence-corrected chi connectivity index (χ0v) is 13.2. The number of hydrogen-bond acceptors (Lipinski definition) is 3. The van der Waals surface area contributed by atoms with Crippen LogP contribution in [0.3, 0.4) is 0 Å². The highest BCUT2D eigenvalue weighted by atomic mass is 16.5. The maximum Gasteiger partial charge on any atom is 0.329 e. The number of carboxylic acid groups (broad SMARTS) is 1. The molecule has 0 aromatic heterocycles. The second-order valence-electron chi connectivity index (χ2n) is 5.50. The number of aliphatic carboxylic acids is 1. The van der Waals surface area contributed by atoms with Gasteiger partial charge in [0.1, 0.15) is 5.54 Å². The van der Waals surface area contributed by atoms with Crippen molar-refractivity contribution in [3.05, 3.63) is 0 Å². The molecule has 1 aliphatic heterocycles. The number of rotatable bonds is 9. The summed E-state index contributed by atoms with van der Waals surface area (Å²) in [7, 11) is 0. The average Bonchev–Trinajstić information content (AvgIpc) is 2.91. The summed E-state index contributed by atoms with van der Waals surface area (Å²) < 4.78 is 5.42. The van der Waals surface area contributed by atoms with E-state index in [2.05, 4.69) is 12.2 Å². The Balaban J connectivity index is 2.33. The van der Waals surface area contributed by atoms with Crippen LogP contribution in [-0.4, -0.2) is 53.8 Å². The number of likely N-dealkylation sites (tertiary alicyclic amines) is 1. The van der Waals surface area contributed by atoms with Crippen LogP contribution in [0, 0.1) is 0 Å². The summed E-state index contributed by atoms with van der Waals surface area (Å²) in [4.78, 5) is 25.2. The van der Waals surface area contributed by atoms with Gasteiger partial charge in [-0.2, -0.15) is 0 Å². The third-order valence-electron chi connectivity index (χ3n) is 4.10. The highest BCUT2D eigenvalue weighted by Gasteiger charge is 2.48. The Morgan fingerprint density at radius 2 is 2.00 bits per heavy atom. The summed E-state index contributed by atoms with van der Waals surface area (Å²) in [6.45, 7) is 6.34. The molecule has 2 amide bonds. The zero-order chi connectivity index (χ0) is 15.7. The Morgan fingerprint density at radius 1 is 1.29 bits per heavy atom. The van der Waals surface area contributed by atoms with Crippen molar-refractivity contribution in [1.82, 2.24) is 10.2 Å². The van der Waals surface area contributed by atoms with Crippen molar-refractivity contribution < 1.29 is 19.4 Å². The Morgan fingerprint density at radius 3 is 2.62 bits per heavy atom.